The van der Waals surface area contributed by atoms with Crippen LogP contribution in [0.25, 0.3) is 0 Å². The van der Waals surface area contributed by atoms with Crippen LogP contribution >= 0.6 is 11.3 Å². The van der Waals surface area contributed by atoms with Gasteiger partial charge in [0.25, 0.3) is 0 Å². The number of amides is 1. The van der Waals surface area contributed by atoms with Crippen molar-refractivity contribution in [3.05, 3.63) is 5.01 Å². The molecule has 0 spiro atoms. The van der Waals surface area contributed by atoms with E-state index in [2.05, 4.69) is 10.2 Å². The van der Waals surface area contributed by atoms with Crippen molar-refractivity contribution in [1.29, 1.82) is 0 Å². The Morgan fingerprint density at radius 2 is 1.43 bits per heavy atom. The first-order chi connectivity index (χ1) is 9.23. The second kappa shape index (κ2) is 5.31. The predicted molar refractivity (Wildman–Crippen MR) is 49.1 cm³/mol. The van der Waals surface area contributed by atoms with E-state index < -0.39 is 51.8 Å². The summed E-state index contributed by atoms with van der Waals surface area (Å²) in [7, 11) is 0. The minimum absolute atomic E-state index is 0.407. The summed E-state index contributed by atoms with van der Waals surface area (Å²) < 4.78 is 109. The maximum atomic E-state index is 12.2. The third kappa shape index (κ3) is 4.44. The molecule has 120 valence electrons. The lowest BCUT2D eigenvalue weighted by atomic mass is 10.1. The zero-order chi connectivity index (χ0) is 16.6. The molecule has 0 saturated heterocycles. The number of aromatic nitrogens is 2. The van der Waals surface area contributed by atoms with Crippen LogP contribution in [0.3, 0.4) is 0 Å². The molecule has 1 heterocycles. The molecule has 21 heavy (non-hydrogen) atoms. The molecule has 1 aromatic heterocycles. The zero-order valence-electron chi connectivity index (χ0n) is 9.19. The van der Waals surface area contributed by atoms with Gasteiger partial charge >= 0.3 is 18.5 Å². The van der Waals surface area contributed by atoms with Crippen molar-refractivity contribution in [3.8, 4) is 0 Å². The molecule has 1 amide bonds. The predicted octanol–water partition coefficient (Wildman–Crippen LogP) is 3.24. The van der Waals surface area contributed by atoms with Crippen molar-refractivity contribution in [2.45, 2.75) is 18.5 Å². The van der Waals surface area contributed by atoms with Crippen LogP contribution in [-0.2, 0) is 11.0 Å². The molecule has 0 atom stereocenters. The Kier molecular flexibility index (Phi) is 4.41. The van der Waals surface area contributed by atoms with Gasteiger partial charge in [0.1, 0.15) is 0 Å². The van der Waals surface area contributed by atoms with Crippen LogP contribution in [0.15, 0.2) is 0 Å². The fourth-order valence-corrected chi connectivity index (χ4v) is 1.66. The van der Waals surface area contributed by atoms with Gasteiger partial charge in [0.15, 0.2) is 0 Å². The van der Waals surface area contributed by atoms with Crippen molar-refractivity contribution in [2.24, 2.45) is 5.92 Å². The molecule has 0 aliphatic rings. The zero-order valence-corrected chi connectivity index (χ0v) is 10.0. The number of alkyl halides is 9. The SMILES string of the molecule is O=C(Nc1nnc(C(F)(F)F)s1)C(C(F)(F)F)C(F)(F)F. The lowest BCUT2D eigenvalue weighted by molar-refractivity contribution is -0.272. The highest BCUT2D eigenvalue weighted by Crippen LogP contribution is 2.40. The molecule has 0 saturated carbocycles. The maximum absolute atomic E-state index is 12.2. The third-order valence-corrected chi connectivity index (χ3v) is 2.70. The molecule has 1 aromatic rings. The number of rotatable bonds is 2. The lowest BCUT2D eigenvalue weighted by Gasteiger charge is -2.21. The number of carbonyl (C=O) groups excluding carboxylic acids is 1. The summed E-state index contributed by atoms with van der Waals surface area (Å²) in [4.78, 5) is 11.0. The van der Waals surface area contributed by atoms with E-state index >= 15 is 0 Å². The van der Waals surface area contributed by atoms with Crippen LogP contribution in [0.5, 0.6) is 0 Å². The van der Waals surface area contributed by atoms with Crippen molar-refractivity contribution >= 4 is 22.4 Å². The highest BCUT2D eigenvalue weighted by Gasteiger charge is 2.61. The summed E-state index contributed by atoms with van der Waals surface area (Å²) in [5, 5.41) is 3.39. The number of hydrogen-bond acceptors (Lipinski definition) is 4. The molecule has 0 aliphatic heterocycles. The van der Waals surface area contributed by atoms with Crippen LogP contribution in [-0.4, -0.2) is 28.5 Å². The maximum Gasteiger partial charge on any atom is 0.445 e. The van der Waals surface area contributed by atoms with Gasteiger partial charge in [-0.3, -0.25) is 10.1 Å². The Balaban J connectivity index is 2.96. The smallest absolute Gasteiger partial charge is 0.300 e. The number of nitrogens with zero attached hydrogens (tertiary/aromatic N) is 2. The summed E-state index contributed by atoms with van der Waals surface area (Å²) in [5.74, 6) is -6.98. The van der Waals surface area contributed by atoms with E-state index in [1.165, 1.54) is 0 Å². The molecule has 14 heteroatoms. The largest absolute Gasteiger partial charge is 0.445 e. The van der Waals surface area contributed by atoms with Crippen LogP contribution in [0, 0.1) is 5.92 Å². The van der Waals surface area contributed by atoms with E-state index in [9.17, 15) is 44.3 Å². The molecule has 0 aromatic carbocycles. The van der Waals surface area contributed by atoms with Crippen LogP contribution in [0.4, 0.5) is 44.6 Å². The quantitative estimate of drug-likeness (QED) is 0.836. The van der Waals surface area contributed by atoms with Gasteiger partial charge in [-0.1, -0.05) is 11.3 Å². The van der Waals surface area contributed by atoms with Crippen molar-refractivity contribution in [3.63, 3.8) is 0 Å². The topological polar surface area (TPSA) is 54.9 Å². The average Bonchev–Trinajstić information content (AvgIpc) is 2.59. The second-order valence-electron chi connectivity index (χ2n) is 3.42. The van der Waals surface area contributed by atoms with Crippen molar-refractivity contribution < 1.29 is 44.3 Å². The molecular weight excluding hydrogens is 345 g/mol. The highest BCUT2D eigenvalue weighted by molar-refractivity contribution is 7.15. The van der Waals surface area contributed by atoms with Crippen LogP contribution in [0.1, 0.15) is 5.01 Å². The Labute approximate surface area is 113 Å². The molecule has 1 rings (SSSR count). The third-order valence-electron chi connectivity index (χ3n) is 1.81. The van der Waals surface area contributed by atoms with Gasteiger partial charge in [0.2, 0.25) is 22.0 Å². The van der Waals surface area contributed by atoms with Gasteiger partial charge in [-0.2, -0.15) is 39.5 Å². The standard InChI is InChI=1S/C7H2F9N3OS/c8-5(9,10)1(6(11,12)13)2(20)17-4-19-18-3(21-4)7(14,15)16/h1H,(H,17,19,20). The molecule has 0 bridgehead atoms. The lowest BCUT2D eigenvalue weighted by Crippen LogP contribution is -2.45. The van der Waals surface area contributed by atoms with E-state index in [1.807, 2.05) is 0 Å². The minimum atomic E-state index is -5.96. The fraction of sp³-hybridized carbons (Fsp3) is 0.571. The van der Waals surface area contributed by atoms with Gasteiger partial charge in [0.05, 0.1) is 0 Å². The Bertz CT molecular complexity index is 503. The Morgan fingerprint density at radius 3 is 1.76 bits per heavy atom. The molecule has 1 N–H and O–H groups in total. The molecule has 4 nitrogen and oxygen atoms in total. The normalized spacial score (nSPS) is 13.6. The average molecular weight is 347 g/mol. The summed E-state index contributed by atoms with van der Waals surface area (Å²) in [6.45, 7) is 0. The second-order valence-corrected chi connectivity index (χ2v) is 4.39. The number of carbonyl (C=O) groups is 1. The van der Waals surface area contributed by atoms with Crippen LogP contribution < -0.4 is 5.32 Å². The summed E-state index contributed by atoms with van der Waals surface area (Å²) >= 11 is -0.407. The van der Waals surface area contributed by atoms with Crippen molar-refractivity contribution in [1.82, 2.24) is 10.2 Å². The molecule has 0 unspecified atom stereocenters. The Hall–Kier alpha value is -1.60. The van der Waals surface area contributed by atoms with E-state index in [0.717, 1.165) is 5.32 Å². The van der Waals surface area contributed by atoms with Crippen molar-refractivity contribution in [2.75, 3.05) is 5.32 Å². The van der Waals surface area contributed by atoms with Gasteiger partial charge in [-0.05, 0) is 0 Å². The first-order valence-corrected chi connectivity index (χ1v) is 5.39. The monoisotopic (exact) mass is 347 g/mol. The van der Waals surface area contributed by atoms with E-state index in [-0.39, 0.29) is 0 Å². The summed E-state index contributed by atoms with van der Waals surface area (Å²) in [5.41, 5.74) is 0. The van der Waals surface area contributed by atoms with Gasteiger partial charge < -0.3 is 0 Å². The fourth-order valence-electron chi connectivity index (χ4n) is 1.05. The Morgan fingerprint density at radius 1 is 0.952 bits per heavy atom. The number of anilines is 1. The number of nitrogens with one attached hydrogen (secondary N) is 1. The molecule has 0 radical (unpaired) electrons. The number of hydrogen-bond donors (Lipinski definition) is 1. The summed E-state index contributed by atoms with van der Waals surface area (Å²) in [6.07, 6.45) is -16.9. The minimum Gasteiger partial charge on any atom is -0.300 e. The van der Waals surface area contributed by atoms with E-state index in [0.29, 0.717) is 0 Å². The van der Waals surface area contributed by atoms with Gasteiger partial charge in [0, 0.05) is 0 Å². The first kappa shape index (κ1) is 17.5. The number of halogens is 9. The van der Waals surface area contributed by atoms with Gasteiger partial charge in [-0.25, -0.2) is 0 Å². The van der Waals surface area contributed by atoms with Gasteiger partial charge in [-0.15, -0.1) is 10.2 Å². The van der Waals surface area contributed by atoms with Crippen LogP contribution in [0.2, 0.25) is 0 Å². The molecular formula is C7H2F9N3OS. The van der Waals surface area contributed by atoms with E-state index in [4.69, 9.17) is 0 Å². The molecule has 0 aliphatic carbocycles. The molecule has 0 fully saturated rings. The van der Waals surface area contributed by atoms with E-state index in [1.54, 1.807) is 0 Å². The first-order valence-electron chi connectivity index (χ1n) is 4.58. The summed E-state index contributed by atoms with van der Waals surface area (Å²) in [6, 6.07) is 0. The highest BCUT2D eigenvalue weighted by atomic mass is 32.1.